The van der Waals surface area contributed by atoms with Gasteiger partial charge in [-0.15, -0.1) is 0 Å². The van der Waals surface area contributed by atoms with Crippen molar-refractivity contribution in [2.75, 3.05) is 19.5 Å². The first-order valence-electron chi connectivity index (χ1n) is 8.19. The molecule has 3 aromatic rings. The molecule has 1 aliphatic rings. The minimum atomic E-state index is -3.66. The number of benzene rings is 2. The summed E-state index contributed by atoms with van der Waals surface area (Å²) < 4.78 is 44.2. The summed E-state index contributed by atoms with van der Waals surface area (Å²) in [5, 5.41) is 0.584. The zero-order chi connectivity index (χ0) is 19.2. The van der Waals surface area contributed by atoms with Crippen LogP contribution in [0.25, 0.3) is 22.1 Å². The molecule has 2 aromatic carbocycles. The maximum Gasteiger partial charge on any atom is 0.344 e. The fourth-order valence-corrected chi connectivity index (χ4v) is 3.54. The van der Waals surface area contributed by atoms with Gasteiger partial charge in [0.25, 0.3) is 0 Å². The Labute approximate surface area is 155 Å². The van der Waals surface area contributed by atoms with Crippen LogP contribution in [0.1, 0.15) is 5.56 Å². The van der Waals surface area contributed by atoms with Gasteiger partial charge in [0.05, 0.1) is 11.8 Å². The Kier molecular flexibility index (Phi) is 4.07. The fraction of sp³-hybridized carbons (Fsp3) is 0.211. The van der Waals surface area contributed by atoms with E-state index in [0.29, 0.717) is 52.4 Å². The van der Waals surface area contributed by atoms with E-state index in [0.717, 1.165) is 6.26 Å². The maximum atomic E-state index is 12.6. The molecule has 27 heavy (non-hydrogen) atoms. The first-order valence-corrected chi connectivity index (χ1v) is 10.0. The number of hydrogen-bond acceptors (Lipinski definition) is 7. The normalized spacial score (nSPS) is 13.6. The van der Waals surface area contributed by atoms with Crippen LogP contribution in [0.2, 0.25) is 0 Å². The number of ether oxygens (including phenoxy) is 2. The molecule has 0 bridgehead atoms. The van der Waals surface area contributed by atoms with Gasteiger partial charge in [-0.3, -0.25) is 0 Å². The van der Waals surface area contributed by atoms with Gasteiger partial charge in [0.1, 0.15) is 24.5 Å². The maximum absolute atomic E-state index is 12.6. The van der Waals surface area contributed by atoms with E-state index in [1.54, 1.807) is 25.1 Å². The molecule has 1 aromatic heterocycles. The molecule has 0 saturated heterocycles. The topological polar surface area (TPSA) is 92.0 Å². The summed E-state index contributed by atoms with van der Waals surface area (Å²) in [6.07, 6.45) is 0.968. The van der Waals surface area contributed by atoms with Crippen molar-refractivity contribution >= 4 is 21.1 Å². The highest BCUT2D eigenvalue weighted by Gasteiger charge is 2.18. The molecule has 140 valence electrons. The van der Waals surface area contributed by atoms with Crippen molar-refractivity contribution in [3.63, 3.8) is 0 Å². The molecule has 0 unspecified atom stereocenters. The molecular formula is C19H16O7S. The summed E-state index contributed by atoms with van der Waals surface area (Å²) in [5.41, 5.74) is 1.50. The second-order valence-corrected chi connectivity index (χ2v) is 7.77. The van der Waals surface area contributed by atoms with E-state index >= 15 is 0 Å². The highest BCUT2D eigenvalue weighted by molar-refractivity contribution is 7.86. The average Bonchev–Trinajstić information content (AvgIpc) is 2.61. The Hall–Kier alpha value is -3.00. The summed E-state index contributed by atoms with van der Waals surface area (Å²) in [6.45, 7) is 2.69. The number of aryl methyl sites for hydroxylation is 1. The summed E-state index contributed by atoms with van der Waals surface area (Å²) >= 11 is 0. The number of rotatable bonds is 3. The Morgan fingerprint density at radius 1 is 1.00 bits per heavy atom. The van der Waals surface area contributed by atoms with Gasteiger partial charge < -0.3 is 18.1 Å². The quantitative estimate of drug-likeness (QED) is 0.503. The van der Waals surface area contributed by atoms with Gasteiger partial charge in [0.2, 0.25) is 0 Å². The molecule has 0 atom stereocenters. The Morgan fingerprint density at radius 2 is 1.74 bits per heavy atom. The molecule has 0 aliphatic carbocycles. The second-order valence-electron chi connectivity index (χ2n) is 6.19. The van der Waals surface area contributed by atoms with E-state index < -0.39 is 15.7 Å². The molecule has 2 heterocycles. The van der Waals surface area contributed by atoms with Crippen LogP contribution in [0.15, 0.2) is 45.6 Å². The van der Waals surface area contributed by atoms with Gasteiger partial charge in [0, 0.05) is 5.39 Å². The van der Waals surface area contributed by atoms with Crippen LogP contribution in [-0.2, 0) is 10.1 Å². The third kappa shape index (κ3) is 3.35. The standard InChI is InChI=1S/C19H16O7S/c1-11-14-10-13(26-27(2,21)22)4-6-15(14)25-19(20)18(11)12-3-5-16-17(9-12)24-8-7-23-16/h3-6,9-10H,7-8H2,1-2H3. The second kappa shape index (κ2) is 6.31. The highest BCUT2D eigenvalue weighted by atomic mass is 32.2. The van der Waals surface area contributed by atoms with Crippen LogP contribution in [0, 0.1) is 6.92 Å². The first kappa shape index (κ1) is 17.4. The lowest BCUT2D eigenvalue weighted by Crippen LogP contribution is -2.15. The molecule has 8 heteroatoms. The summed E-state index contributed by atoms with van der Waals surface area (Å²) in [6, 6.07) is 9.73. The van der Waals surface area contributed by atoms with E-state index in [9.17, 15) is 13.2 Å². The molecule has 0 radical (unpaired) electrons. The third-order valence-electron chi connectivity index (χ3n) is 4.22. The number of hydrogen-bond donors (Lipinski definition) is 0. The molecule has 4 rings (SSSR count). The lowest BCUT2D eigenvalue weighted by Gasteiger charge is -2.19. The predicted molar refractivity (Wildman–Crippen MR) is 99.1 cm³/mol. The molecule has 0 N–H and O–H groups in total. The fourth-order valence-electron chi connectivity index (χ4n) is 3.09. The van der Waals surface area contributed by atoms with E-state index in [4.69, 9.17) is 18.1 Å². The van der Waals surface area contributed by atoms with Crippen molar-refractivity contribution in [1.82, 2.24) is 0 Å². The predicted octanol–water partition coefficient (Wildman–Crippen LogP) is 2.88. The first-order chi connectivity index (χ1) is 12.8. The third-order valence-corrected chi connectivity index (χ3v) is 4.71. The smallest absolute Gasteiger partial charge is 0.344 e. The molecule has 7 nitrogen and oxygen atoms in total. The highest BCUT2D eigenvalue weighted by Crippen LogP contribution is 2.36. The molecule has 0 saturated carbocycles. The largest absolute Gasteiger partial charge is 0.486 e. The lowest BCUT2D eigenvalue weighted by molar-refractivity contribution is 0.171. The SMILES string of the molecule is Cc1c(-c2ccc3c(c2)OCCO3)c(=O)oc2ccc(OS(C)(=O)=O)cc12. The Balaban J connectivity index is 1.89. The van der Waals surface area contributed by atoms with Gasteiger partial charge in [-0.25, -0.2) is 4.79 Å². The van der Waals surface area contributed by atoms with Crippen LogP contribution < -0.4 is 19.3 Å². The van der Waals surface area contributed by atoms with E-state index in [2.05, 4.69) is 0 Å². The summed E-state index contributed by atoms with van der Waals surface area (Å²) in [4.78, 5) is 12.6. The van der Waals surface area contributed by atoms with E-state index in [1.165, 1.54) is 18.2 Å². The Bertz CT molecular complexity index is 1210. The monoisotopic (exact) mass is 388 g/mol. The van der Waals surface area contributed by atoms with Crippen molar-refractivity contribution in [2.45, 2.75) is 6.92 Å². The van der Waals surface area contributed by atoms with Crippen LogP contribution in [0.4, 0.5) is 0 Å². The van der Waals surface area contributed by atoms with E-state index in [1.807, 2.05) is 0 Å². The zero-order valence-corrected chi connectivity index (χ0v) is 15.5. The van der Waals surface area contributed by atoms with Crippen molar-refractivity contribution < 1.29 is 26.5 Å². The zero-order valence-electron chi connectivity index (χ0n) is 14.6. The molecule has 0 fully saturated rings. The van der Waals surface area contributed by atoms with Crippen LogP contribution in [0.5, 0.6) is 17.2 Å². The molecule has 1 aliphatic heterocycles. The van der Waals surface area contributed by atoms with Crippen molar-refractivity contribution in [3.8, 4) is 28.4 Å². The van der Waals surface area contributed by atoms with Gasteiger partial charge in [-0.1, -0.05) is 6.07 Å². The van der Waals surface area contributed by atoms with Gasteiger partial charge >= 0.3 is 15.7 Å². The molecular weight excluding hydrogens is 372 g/mol. The summed E-state index contributed by atoms with van der Waals surface area (Å²) in [7, 11) is -3.66. The lowest BCUT2D eigenvalue weighted by atomic mass is 9.99. The minimum Gasteiger partial charge on any atom is -0.486 e. The van der Waals surface area contributed by atoms with E-state index in [-0.39, 0.29) is 5.75 Å². The summed E-state index contributed by atoms with van der Waals surface area (Å²) in [5.74, 6) is 1.33. The van der Waals surface area contributed by atoms with Crippen molar-refractivity contribution in [2.24, 2.45) is 0 Å². The molecule has 0 amide bonds. The number of fused-ring (bicyclic) bond motifs is 2. The van der Waals surface area contributed by atoms with Gasteiger partial charge in [-0.2, -0.15) is 8.42 Å². The van der Waals surface area contributed by atoms with Crippen molar-refractivity contribution in [1.29, 1.82) is 0 Å². The van der Waals surface area contributed by atoms with Gasteiger partial charge in [0.15, 0.2) is 11.5 Å². The molecule has 0 spiro atoms. The average molecular weight is 388 g/mol. The Morgan fingerprint density at radius 3 is 2.48 bits per heavy atom. The van der Waals surface area contributed by atoms with Crippen LogP contribution in [-0.4, -0.2) is 27.9 Å². The van der Waals surface area contributed by atoms with Crippen LogP contribution in [0.3, 0.4) is 0 Å². The minimum absolute atomic E-state index is 0.148. The van der Waals surface area contributed by atoms with Crippen LogP contribution >= 0.6 is 0 Å². The van der Waals surface area contributed by atoms with Gasteiger partial charge in [-0.05, 0) is 48.4 Å². The van der Waals surface area contributed by atoms with Crippen molar-refractivity contribution in [3.05, 3.63) is 52.4 Å².